The predicted molar refractivity (Wildman–Crippen MR) is 137 cm³/mol. The lowest BCUT2D eigenvalue weighted by molar-refractivity contribution is -0.144. The summed E-state index contributed by atoms with van der Waals surface area (Å²) < 4.78 is 20.2. The molecule has 3 aromatic carbocycles. The topological polar surface area (TPSA) is 66.8 Å². The van der Waals surface area contributed by atoms with E-state index in [1.807, 2.05) is 36.4 Å². The maximum absolute atomic E-state index is 13.9. The third-order valence-corrected chi connectivity index (χ3v) is 6.70. The number of ether oxygens (including phenoxy) is 1. The first-order valence-corrected chi connectivity index (χ1v) is 12.4. The molecule has 3 aromatic rings. The maximum atomic E-state index is 13.9. The van der Waals surface area contributed by atoms with E-state index in [1.165, 1.54) is 11.0 Å². The lowest BCUT2D eigenvalue weighted by atomic mass is 9.91. The molecule has 36 heavy (non-hydrogen) atoms. The number of fused-ring (bicyclic) bond motifs is 1. The van der Waals surface area contributed by atoms with Crippen LogP contribution in [-0.2, 0) is 35.3 Å². The van der Waals surface area contributed by atoms with E-state index in [-0.39, 0.29) is 36.7 Å². The van der Waals surface area contributed by atoms with Gasteiger partial charge < -0.3 is 14.7 Å². The number of benzene rings is 3. The second-order valence-electron chi connectivity index (χ2n) is 9.52. The Morgan fingerprint density at radius 3 is 2.50 bits per heavy atom. The van der Waals surface area contributed by atoms with Crippen molar-refractivity contribution in [3.63, 3.8) is 0 Å². The van der Waals surface area contributed by atoms with Gasteiger partial charge in [-0.2, -0.15) is 0 Å². The zero-order chi connectivity index (χ0) is 25.7. The Kier molecular flexibility index (Phi) is 7.94. The highest BCUT2D eigenvalue weighted by Gasteiger charge is 2.35. The summed E-state index contributed by atoms with van der Waals surface area (Å²) in [4.78, 5) is 25.5. The van der Waals surface area contributed by atoms with Crippen LogP contribution in [0.2, 0.25) is 5.02 Å². The molecule has 1 unspecified atom stereocenters. The molecule has 1 aliphatic heterocycles. The largest absolute Gasteiger partial charge is 0.487 e. The summed E-state index contributed by atoms with van der Waals surface area (Å²) in [6.45, 7) is 1.83. The molecule has 1 aliphatic rings. The molecule has 0 fully saturated rings. The number of rotatable bonds is 10. The minimum absolute atomic E-state index is 0.146. The Balaban J connectivity index is 1.36. The Morgan fingerprint density at radius 2 is 1.78 bits per heavy atom. The molecular formula is C29H29ClFNO4. The molecule has 1 atom stereocenters. The van der Waals surface area contributed by atoms with Gasteiger partial charge in [-0.1, -0.05) is 54.1 Å². The zero-order valence-corrected chi connectivity index (χ0v) is 20.9. The standard InChI is InChI=1S/C29H29ClFNO4/c1-29(17-21-6-10-24(30)11-7-21)18-23-16-20(8-12-26(23)36-29)9-13-27(33)32(19-28(34)35)15-14-22-4-2-3-5-25(22)31/h2-8,10-12,16H,9,13-15,17-19H2,1H3,(H,34,35). The molecule has 0 aliphatic carbocycles. The number of nitrogens with zero attached hydrogens (tertiary/aromatic N) is 1. The Labute approximate surface area is 215 Å². The van der Waals surface area contributed by atoms with Gasteiger partial charge in [0, 0.05) is 30.8 Å². The van der Waals surface area contributed by atoms with Crippen molar-refractivity contribution in [2.75, 3.05) is 13.1 Å². The number of halogens is 2. The van der Waals surface area contributed by atoms with Crippen LogP contribution in [0.25, 0.3) is 0 Å². The second-order valence-corrected chi connectivity index (χ2v) is 9.96. The molecule has 1 amide bonds. The van der Waals surface area contributed by atoms with Gasteiger partial charge in [-0.3, -0.25) is 9.59 Å². The number of aliphatic carboxylic acids is 1. The third-order valence-electron chi connectivity index (χ3n) is 6.45. The first-order chi connectivity index (χ1) is 17.2. The van der Waals surface area contributed by atoms with E-state index in [9.17, 15) is 19.1 Å². The van der Waals surface area contributed by atoms with E-state index >= 15 is 0 Å². The highest BCUT2D eigenvalue weighted by atomic mass is 35.5. The van der Waals surface area contributed by atoms with Gasteiger partial charge in [0.25, 0.3) is 0 Å². The van der Waals surface area contributed by atoms with Gasteiger partial charge in [-0.25, -0.2) is 4.39 Å². The molecule has 188 valence electrons. The number of amides is 1. The number of carboxylic acids is 1. The molecule has 0 saturated carbocycles. The first kappa shape index (κ1) is 25.7. The van der Waals surface area contributed by atoms with Crippen LogP contribution in [0.15, 0.2) is 66.7 Å². The molecule has 0 saturated heterocycles. The van der Waals surface area contributed by atoms with E-state index in [4.69, 9.17) is 16.3 Å². The summed E-state index contributed by atoms with van der Waals surface area (Å²) in [5.41, 5.74) is 3.33. The van der Waals surface area contributed by atoms with Crippen LogP contribution in [0, 0.1) is 5.82 Å². The van der Waals surface area contributed by atoms with Crippen molar-refractivity contribution < 1.29 is 23.8 Å². The van der Waals surface area contributed by atoms with Gasteiger partial charge in [-0.05, 0) is 66.3 Å². The van der Waals surface area contributed by atoms with Crippen molar-refractivity contribution in [3.8, 4) is 5.75 Å². The minimum atomic E-state index is -1.09. The molecule has 5 nitrogen and oxygen atoms in total. The van der Waals surface area contributed by atoms with Gasteiger partial charge in [0.2, 0.25) is 5.91 Å². The molecule has 1 N–H and O–H groups in total. The van der Waals surface area contributed by atoms with Gasteiger partial charge in [0.05, 0.1) is 0 Å². The van der Waals surface area contributed by atoms with Crippen molar-refractivity contribution in [2.45, 2.75) is 44.6 Å². The lowest BCUT2D eigenvalue weighted by Gasteiger charge is -2.24. The zero-order valence-electron chi connectivity index (χ0n) is 20.2. The number of hydrogen-bond acceptors (Lipinski definition) is 3. The molecule has 0 spiro atoms. The van der Waals surface area contributed by atoms with Crippen molar-refractivity contribution in [1.82, 2.24) is 4.90 Å². The van der Waals surface area contributed by atoms with Crippen LogP contribution >= 0.6 is 11.6 Å². The normalized spacial score (nSPS) is 16.3. The van der Waals surface area contributed by atoms with E-state index in [0.29, 0.717) is 17.0 Å². The van der Waals surface area contributed by atoms with Crippen molar-refractivity contribution in [2.24, 2.45) is 0 Å². The fourth-order valence-electron chi connectivity index (χ4n) is 4.68. The molecule has 4 rings (SSSR count). The lowest BCUT2D eigenvalue weighted by Crippen LogP contribution is -2.37. The van der Waals surface area contributed by atoms with Crippen LogP contribution in [0.1, 0.15) is 35.6 Å². The number of aryl methyl sites for hydroxylation is 1. The fourth-order valence-corrected chi connectivity index (χ4v) is 4.81. The summed E-state index contributed by atoms with van der Waals surface area (Å²) >= 11 is 6.00. The van der Waals surface area contributed by atoms with Gasteiger partial charge in [0.15, 0.2) is 0 Å². The summed E-state index contributed by atoms with van der Waals surface area (Å²) in [6.07, 6.45) is 2.41. The number of hydrogen-bond donors (Lipinski definition) is 1. The number of carboxylic acid groups (broad SMARTS) is 1. The van der Waals surface area contributed by atoms with E-state index in [2.05, 4.69) is 13.0 Å². The summed E-state index contributed by atoms with van der Waals surface area (Å²) in [6, 6.07) is 20.0. The van der Waals surface area contributed by atoms with Crippen molar-refractivity contribution in [1.29, 1.82) is 0 Å². The second kappa shape index (κ2) is 11.1. The molecule has 0 aromatic heterocycles. The molecule has 0 radical (unpaired) electrons. The molecule has 0 bridgehead atoms. The monoisotopic (exact) mass is 509 g/mol. The van der Waals surface area contributed by atoms with E-state index in [1.54, 1.807) is 18.2 Å². The van der Waals surface area contributed by atoms with Crippen LogP contribution in [0.3, 0.4) is 0 Å². The summed E-state index contributed by atoms with van der Waals surface area (Å²) in [7, 11) is 0. The summed E-state index contributed by atoms with van der Waals surface area (Å²) in [5.74, 6) is -0.868. The van der Waals surface area contributed by atoms with Crippen LogP contribution < -0.4 is 4.74 Å². The Hall–Kier alpha value is -3.38. The van der Waals surface area contributed by atoms with E-state index in [0.717, 1.165) is 35.3 Å². The first-order valence-electron chi connectivity index (χ1n) is 12.0. The minimum Gasteiger partial charge on any atom is -0.487 e. The van der Waals surface area contributed by atoms with E-state index < -0.39 is 12.5 Å². The predicted octanol–water partition coefficient (Wildman–Crippen LogP) is 5.50. The van der Waals surface area contributed by atoms with Crippen LogP contribution in [0.4, 0.5) is 4.39 Å². The Morgan fingerprint density at radius 1 is 1.06 bits per heavy atom. The van der Waals surface area contributed by atoms with Gasteiger partial charge >= 0.3 is 5.97 Å². The SMILES string of the molecule is CC1(Cc2ccc(Cl)cc2)Cc2cc(CCC(=O)N(CCc3ccccc3F)CC(=O)O)ccc2O1. The van der Waals surface area contributed by atoms with Crippen molar-refractivity contribution in [3.05, 3.63) is 99.8 Å². The fraction of sp³-hybridized carbons (Fsp3) is 0.310. The average molecular weight is 510 g/mol. The molecule has 7 heteroatoms. The molecule has 1 heterocycles. The summed E-state index contributed by atoms with van der Waals surface area (Å²) in [5, 5.41) is 9.96. The Bertz CT molecular complexity index is 1250. The van der Waals surface area contributed by atoms with Gasteiger partial charge in [-0.15, -0.1) is 0 Å². The van der Waals surface area contributed by atoms with Crippen LogP contribution in [-0.4, -0.2) is 40.6 Å². The molecular weight excluding hydrogens is 481 g/mol. The maximum Gasteiger partial charge on any atom is 0.323 e. The highest BCUT2D eigenvalue weighted by Crippen LogP contribution is 2.37. The third kappa shape index (κ3) is 6.64. The number of carbonyl (C=O) groups excluding carboxylic acids is 1. The van der Waals surface area contributed by atoms with Crippen molar-refractivity contribution >= 4 is 23.5 Å². The smallest absolute Gasteiger partial charge is 0.323 e. The average Bonchev–Trinajstić information content (AvgIpc) is 3.17. The van der Waals surface area contributed by atoms with Crippen LogP contribution in [0.5, 0.6) is 5.75 Å². The highest BCUT2D eigenvalue weighted by molar-refractivity contribution is 6.30. The number of carbonyl (C=O) groups is 2. The van der Waals surface area contributed by atoms with Gasteiger partial charge in [0.1, 0.15) is 23.7 Å². The quantitative estimate of drug-likeness (QED) is 0.391.